The van der Waals surface area contributed by atoms with Crippen LogP contribution < -0.4 is 10.1 Å². The third kappa shape index (κ3) is 4.50. The fourth-order valence-electron chi connectivity index (χ4n) is 3.59. The molecule has 5 heteroatoms. The van der Waals surface area contributed by atoms with Gasteiger partial charge >= 0.3 is 5.97 Å². The summed E-state index contributed by atoms with van der Waals surface area (Å²) >= 11 is 0. The first kappa shape index (κ1) is 20.6. The molecular weight excluding hydrogens is 366 g/mol. The zero-order chi connectivity index (χ0) is 21.0. The molecule has 0 radical (unpaired) electrons. The van der Waals surface area contributed by atoms with Crippen molar-refractivity contribution in [1.29, 1.82) is 0 Å². The Balaban J connectivity index is 1.94. The van der Waals surface area contributed by atoms with Crippen LogP contribution in [-0.2, 0) is 15.1 Å². The number of carboxylic acid groups (broad SMARTS) is 1. The molecule has 1 amide bonds. The van der Waals surface area contributed by atoms with E-state index in [1.54, 1.807) is 0 Å². The van der Waals surface area contributed by atoms with Gasteiger partial charge in [-0.2, -0.15) is 0 Å². The highest BCUT2D eigenvalue weighted by atomic mass is 16.5. The molecule has 0 bridgehead atoms. The lowest BCUT2D eigenvalue weighted by atomic mass is 9.78. The minimum Gasteiger partial charge on any atom is -0.494 e. The lowest BCUT2D eigenvalue weighted by molar-refractivity contribution is -0.135. The highest BCUT2D eigenvalue weighted by Gasteiger charge is 2.39. The summed E-state index contributed by atoms with van der Waals surface area (Å²) in [5.41, 5.74) is 2.39. The van der Waals surface area contributed by atoms with E-state index < -0.39 is 17.4 Å². The molecule has 0 spiro atoms. The lowest BCUT2D eigenvalue weighted by Gasteiger charge is -2.37. The highest BCUT2D eigenvalue weighted by molar-refractivity contribution is 6.22. The molecule has 29 heavy (non-hydrogen) atoms. The van der Waals surface area contributed by atoms with Crippen molar-refractivity contribution in [2.24, 2.45) is 0 Å². The van der Waals surface area contributed by atoms with Crippen LogP contribution in [0, 0.1) is 6.92 Å². The van der Waals surface area contributed by atoms with E-state index in [9.17, 15) is 14.7 Å². The Bertz CT molecular complexity index is 928. The van der Waals surface area contributed by atoms with Gasteiger partial charge in [-0.05, 0) is 49.1 Å². The van der Waals surface area contributed by atoms with Gasteiger partial charge in [0, 0.05) is 6.42 Å². The molecule has 5 nitrogen and oxygen atoms in total. The number of aliphatic carboxylic acids is 1. The van der Waals surface area contributed by atoms with Crippen LogP contribution in [0.3, 0.4) is 0 Å². The van der Waals surface area contributed by atoms with Gasteiger partial charge < -0.3 is 15.2 Å². The summed E-state index contributed by atoms with van der Waals surface area (Å²) in [6.45, 7) is 6.68. The minimum atomic E-state index is -1.21. The SMILES string of the molecule is CCCCOc1ccc([C@]2(C)CC(c3ccc(C)cc3)=C(C(=O)O)C(=O)N2)cc1. The van der Waals surface area contributed by atoms with E-state index in [0.717, 1.165) is 35.3 Å². The van der Waals surface area contributed by atoms with E-state index in [0.29, 0.717) is 18.6 Å². The van der Waals surface area contributed by atoms with Crippen LogP contribution in [0.25, 0.3) is 5.57 Å². The van der Waals surface area contributed by atoms with Crippen molar-refractivity contribution in [2.45, 2.75) is 45.6 Å². The van der Waals surface area contributed by atoms with Gasteiger partial charge in [-0.3, -0.25) is 4.79 Å². The van der Waals surface area contributed by atoms with Gasteiger partial charge in [0.25, 0.3) is 5.91 Å². The minimum absolute atomic E-state index is 0.189. The van der Waals surface area contributed by atoms with Crippen molar-refractivity contribution < 1.29 is 19.4 Å². The summed E-state index contributed by atoms with van der Waals surface area (Å²) in [5.74, 6) is -0.988. The van der Waals surface area contributed by atoms with Gasteiger partial charge in [0.2, 0.25) is 0 Å². The van der Waals surface area contributed by atoms with Crippen molar-refractivity contribution >= 4 is 17.4 Å². The summed E-state index contributed by atoms with van der Waals surface area (Å²) in [4.78, 5) is 24.5. The number of hydrogen-bond donors (Lipinski definition) is 2. The lowest BCUT2D eigenvalue weighted by Crippen LogP contribution is -2.48. The summed E-state index contributed by atoms with van der Waals surface area (Å²) in [6.07, 6.45) is 2.46. The topological polar surface area (TPSA) is 75.6 Å². The average molecular weight is 393 g/mol. The maximum atomic E-state index is 12.7. The normalized spacial score (nSPS) is 19.1. The fraction of sp³-hybridized carbons (Fsp3) is 0.333. The van der Waals surface area contributed by atoms with E-state index in [2.05, 4.69) is 12.2 Å². The summed E-state index contributed by atoms with van der Waals surface area (Å²) in [7, 11) is 0. The molecular formula is C24H27NO4. The number of nitrogens with one attached hydrogen (secondary N) is 1. The summed E-state index contributed by atoms with van der Waals surface area (Å²) in [6, 6.07) is 15.2. The molecule has 1 aliphatic heterocycles. The maximum Gasteiger partial charge on any atom is 0.341 e. The Hall–Kier alpha value is -3.08. The molecule has 0 unspecified atom stereocenters. The molecule has 0 saturated heterocycles. The van der Waals surface area contributed by atoms with Gasteiger partial charge in [-0.15, -0.1) is 0 Å². The second kappa shape index (κ2) is 8.52. The Morgan fingerprint density at radius 3 is 2.38 bits per heavy atom. The molecule has 1 atom stereocenters. The van der Waals surface area contributed by atoms with Gasteiger partial charge in [0.15, 0.2) is 0 Å². The maximum absolute atomic E-state index is 12.7. The number of carboxylic acids is 1. The van der Waals surface area contributed by atoms with Gasteiger partial charge in [0.1, 0.15) is 11.3 Å². The van der Waals surface area contributed by atoms with Crippen molar-refractivity contribution in [2.75, 3.05) is 6.61 Å². The first-order chi connectivity index (χ1) is 13.8. The molecule has 3 rings (SSSR count). The number of aryl methyl sites for hydroxylation is 1. The Morgan fingerprint density at radius 1 is 1.14 bits per heavy atom. The van der Waals surface area contributed by atoms with Crippen LogP contribution in [0.2, 0.25) is 0 Å². The number of hydrogen-bond acceptors (Lipinski definition) is 3. The van der Waals surface area contributed by atoms with Gasteiger partial charge in [-0.1, -0.05) is 55.3 Å². The highest BCUT2D eigenvalue weighted by Crippen LogP contribution is 2.39. The molecule has 2 aromatic rings. The Labute approximate surface area is 171 Å². The fourth-order valence-corrected chi connectivity index (χ4v) is 3.59. The molecule has 1 heterocycles. The summed E-state index contributed by atoms with van der Waals surface area (Å²) in [5, 5.41) is 12.5. The van der Waals surface area contributed by atoms with Crippen LogP contribution in [-0.4, -0.2) is 23.6 Å². The first-order valence-corrected chi connectivity index (χ1v) is 9.93. The van der Waals surface area contributed by atoms with Crippen LogP contribution in [0.5, 0.6) is 5.75 Å². The molecule has 0 saturated carbocycles. The predicted octanol–water partition coefficient (Wildman–Crippen LogP) is 4.45. The van der Waals surface area contributed by atoms with E-state index in [1.807, 2.05) is 62.4 Å². The van der Waals surface area contributed by atoms with E-state index in [-0.39, 0.29) is 5.57 Å². The number of rotatable bonds is 7. The quantitative estimate of drug-likeness (QED) is 0.538. The number of benzene rings is 2. The Kier molecular flexibility index (Phi) is 6.06. The molecule has 152 valence electrons. The zero-order valence-electron chi connectivity index (χ0n) is 17.1. The van der Waals surface area contributed by atoms with Crippen molar-refractivity contribution in [3.8, 4) is 5.75 Å². The number of unbranched alkanes of at least 4 members (excludes halogenated alkanes) is 1. The van der Waals surface area contributed by atoms with E-state index in [1.165, 1.54) is 0 Å². The molecule has 0 aromatic heterocycles. The molecule has 1 aliphatic rings. The van der Waals surface area contributed by atoms with E-state index in [4.69, 9.17) is 4.74 Å². The number of amides is 1. The van der Waals surface area contributed by atoms with Crippen LogP contribution >= 0.6 is 0 Å². The summed E-state index contributed by atoms with van der Waals surface area (Å²) < 4.78 is 5.72. The second-order valence-corrected chi connectivity index (χ2v) is 7.71. The molecule has 0 fully saturated rings. The molecule has 2 aromatic carbocycles. The molecule has 2 N–H and O–H groups in total. The van der Waals surface area contributed by atoms with Crippen LogP contribution in [0.15, 0.2) is 54.1 Å². The Morgan fingerprint density at radius 2 is 1.79 bits per heavy atom. The number of carbonyl (C=O) groups excluding carboxylic acids is 1. The zero-order valence-corrected chi connectivity index (χ0v) is 17.1. The van der Waals surface area contributed by atoms with E-state index >= 15 is 0 Å². The van der Waals surface area contributed by atoms with Crippen molar-refractivity contribution in [3.63, 3.8) is 0 Å². The van der Waals surface area contributed by atoms with Crippen molar-refractivity contribution in [1.82, 2.24) is 5.32 Å². The number of ether oxygens (including phenoxy) is 1. The first-order valence-electron chi connectivity index (χ1n) is 9.93. The largest absolute Gasteiger partial charge is 0.494 e. The standard InChI is InChI=1S/C24H27NO4/c1-4-5-14-29-19-12-10-18(11-13-19)24(3)15-20(17-8-6-16(2)7-9-17)21(23(27)28)22(26)25-24/h6-13H,4-5,14-15H2,1-3H3,(H,25,26)(H,27,28)/t24-/m0/s1. The van der Waals surface area contributed by atoms with Crippen LogP contribution in [0.1, 0.15) is 49.8 Å². The molecule has 0 aliphatic carbocycles. The third-order valence-electron chi connectivity index (χ3n) is 5.32. The third-order valence-corrected chi connectivity index (χ3v) is 5.32. The average Bonchev–Trinajstić information content (AvgIpc) is 2.68. The van der Waals surface area contributed by atoms with Crippen molar-refractivity contribution in [3.05, 3.63) is 70.8 Å². The number of carbonyl (C=O) groups is 2. The smallest absolute Gasteiger partial charge is 0.341 e. The van der Waals surface area contributed by atoms with Gasteiger partial charge in [-0.25, -0.2) is 4.79 Å². The van der Waals surface area contributed by atoms with Crippen LogP contribution in [0.4, 0.5) is 0 Å². The second-order valence-electron chi connectivity index (χ2n) is 7.71. The predicted molar refractivity (Wildman–Crippen MR) is 113 cm³/mol. The van der Waals surface area contributed by atoms with Gasteiger partial charge in [0.05, 0.1) is 12.1 Å². The monoisotopic (exact) mass is 393 g/mol.